The molecule has 0 aromatic carbocycles. The number of esters is 2. The van der Waals surface area contributed by atoms with Gasteiger partial charge in [0.25, 0.3) is 0 Å². The maximum absolute atomic E-state index is 12.2. The second-order valence-electron chi connectivity index (χ2n) is 12.3. The lowest BCUT2D eigenvalue weighted by Gasteiger charge is -2.33. The van der Waals surface area contributed by atoms with Crippen molar-refractivity contribution < 1.29 is 38.3 Å². The van der Waals surface area contributed by atoms with Crippen molar-refractivity contribution in [2.75, 3.05) is 0 Å². The molecule has 2 saturated heterocycles. The van der Waals surface area contributed by atoms with Gasteiger partial charge in [0.2, 0.25) is 0 Å². The third-order valence-electron chi connectivity index (χ3n) is 9.37. The monoisotopic (exact) mass is 578 g/mol. The Kier molecular flexibility index (Phi) is 7.68. The quantitative estimate of drug-likeness (QED) is 0.168. The first-order chi connectivity index (χ1) is 19.9. The Morgan fingerprint density at radius 2 is 1.14 bits per heavy atom. The van der Waals surface area contributed by atoms with E-state index in [1.807, 2.05) is 13.8 Å². The number of carbonyl (C=O) groups excluding carboxylic acids is 2. The Morgan fingerprint density at radius 3 is 1.50 bits per heavy atom. The van der Waals surface area contributed by atoms with Crippen molar-refractivity contribution in [2.24, 2.45) is 21.1 Å². The molecular formula is C32H38N2O8. The first-order valence-corrected chi connectivity index (χ1v) is 14.3. The van der Waals surface area contributed by atoms with Gasteiger partial charge < -0.3 is 28.7 Å². The Labute approximate surface area is 244 Å². The lowest BCUT2D eigenvalue weighted by Crippen LogP contribution is -2.26. The van der Waals surface area contributed by atoms with Crippen LogP contribution in [0.4, 0.5) is 0 Å². The predicted molar refractivity (Wildman–Crippen MR) is 152 cm³/mol. The second-order valence-corrected chi connectivity index (χ2v) is 12.3. The molecule has 0 bridgehead atoms. The normalized spacial score (nSPS) is 29.6. The van der Waals surface area contributed by atoms with E-state index in [9.17, 15) is 9.59 Å². The summed E-state index contributed by atoms with van der Waals surface area (Å²) in [5.74, 6) is 0.541. The molecule has 2 fully saturated rings. The van der Waals surface area contributed by atoms with Gasteiger partial charge in [0, 0.05) is 33.1 Å². The van der Waals surface area contributed by atoms with Crippen molar-refractivity contribution in [1.82, 2.24) is 0 Å². The Hall–Kier alpha value is -4.08. The third-order valence-corrected chi connectivity index (χ3v) is 9.37. The lowest BCUT2D eigenvalue weighted by molar-refractivity contribution is -0.141. The summed E-state index contributed by atoms with van der Waals surface area (Å²) in [5.41, 5.74) is 5.74. The highest BCUT2D eigenvalue weighted by molar-refractivity contribution is 5.97. The molecule has 42 heavy (non-hydrogen) atoms. The van der Waals surface area contributed by atoms with Gasteiger partial charge in [-0.3, -0.25) is 0 Å². The van der Waals surface area contributed by atoms with Crippen LogP contribution >= 0.6 is 0 Å². The van der Waals surface area contributed by atoms with Crippen LogP contribution in [-0.2, 0) is 19.1 Å². The SMILES string of the molecule is CC1=C2C(=O)O[C@@H](c3coc(/C(C)=N/O)c3)[C@]2(C)CCC1.CC1=C2C(=O)O[C@@H](c3coc(/C(C)=N/O)c3)[C@]2(C)CCC1. The fourth-order valence-electron chi connectivity index (χ4n) is 7.17. The van der Waals surface area contributed by atoms with Crippen LogP contribution in [0.25, 0.3) is 0 Å². The number of hydrogen-bond acceptors (Lipinski definition) is 10. The molecule has 10 heteroatoms. The number of rotatable bonds is 4. The summed E-state index contributed by atoms with van der Waals surface area (Å²) >= 11 is 0. The second kappa shape index (κ2) is 11.0. The maximum Gasteiger partial charge on any atom is 0.335 e. The van der Waals surface area contributed by atoms with E-state index < -0.39 is 0 Å². The van der Waals surface area contributed by atoms with E-state index in [1.54, 1.807) is 38.5 Å². The first-order valence-electron chi connectivity index (χ1n) is 14.3. The first kappa shape index (κ1) is 29.4. The predicted octanol–water partition coefficient (Wildman–Crippen LogP) is 7.16. The lowest BCUT2D eigenvalue weighted by atomic mass is 9.68. The average Bonchev–Trinajstić information content (AvgIpc) is 3.73. The molecule has 0 spiro atoms. The van der Waals surface area contributed by atoms with E-state index in [-0.39, 0.29) is 35.0 Å². The molecule has 2 aromatic rings. The largest absolute Gasteiger partial charge is 0.463 e. The standard InChI is InChI=1S/2C16H19NO4/c2*1-9-5-4-6-16(3)13(9)15(18)21-14(16)11-7-12(20-8-11)10(2)17-19/h2*7-8,14,19H,4-6H2,1-3H3/b2*17-10+/t2*14-,16+/m00/s1. The van der Waals surface area contributed by atoms with Crippen LogP contribution in [0.1, 0.15) is 115 Å². The number of furan rings is 2. The van der Waals surface area contributed by atoms with Crippen LogP contribution in [-0.4, -0.2) is 33.8 Å². The minimum Gasteiger partial charge on any atom is -0.463 e. The molecule has 2 aliphatic carbocycles. The van der Waals surface area contributed by atoms with Gasteiger partial charge in [0.1, 0.15) is 23.6 Å². The molecule has 0 saturated carbocycles. The van der Waals surface area contributed by atoms with Crippen molar-refractivity contribution in [3.63, 3.8) is 0 Å². The fourth-order valence-corrected chi connectivity index (χ4v) is 7.17. The van der Waals surface area contributed by atoms with Crippen molar-refractivity contribution in [3.05, 3.63) is 69.6 Å². The topological polar surface area (TPSA) is 144 Å². The van der Waals surface area contributed by atoms with Gasteiger partial charge in [-0.1, -0.05) is 35.3 Å². The van der Waals surface area contributed by atoms with Gasteiger partial charge in [0.15, 0.2) is 11.5 Å². The van der Waals surface area contributed by atoms with Gasteiger partial charge in [-0.25, -0.2) is 9.59 Å². The van der Waals surface area contributed by atoms with Crippen molar-refractivity contribution in [1.29, 1.82) is 0 Å². The van der Waals surface area contributed by atoms with Crippen LogP contribution in [0.15, 0.2) is 66.1 Å². The number of hydrogen-bond donors (Lipinski definition) is 2. The van der Waals surface area contributed by atoms with E-state index >= 15 is 0 Å². The highest BCUT2D eigenvalue weighted by Crippen LogP contribution is 2.57. The maximum atomic E-state index is 12.2. The zero-order valence-corrected chi connectivity index (χ0v) is 24.9. The molecule has 4 heterocycles. The van der Waals surface area contributed by atoms with E-state index in [0.29, 0.717) is 22.9 Å². The molecule has 6 rings (SSSR count). The minimum absolute atomic E-state index is 0.213. The van der Waals surface area contributed by atoms with Crippen LogP contribution < -0.4 is 0 Å². The molecule has 0 amide bonds. The van der Waals surface area contributed by atoms with E-state index in [4.69, 9.17) is 28.7 Å². The Balaban J connectivity index is 0.000000168. The zero-order chi connectivity index (χ0) is 30.4. The molecule has 2 N–H and O–H groups in total. The van der Waals surface area contributed by atoms with E-state index in [1.165, 1.54) is 0 Å². The molecule has 2 aromatic heterocycles. The molecule has 224 valence electrons. The zero-order valence-electron chi connectivity index (χ0n) is 24.9. The van der Waals surface area contributed by atoms with Crippen molar-refractivity contribution in [2.45, 2.75) is 92.3 Å². The summed E-state index contributed by atoms with van der Waals surface area (Å²) in [4.78, 5) is 24.5. The van der Waals surface area contributed by atoms with Gasteiger partial charge in [-0.05, 0) is 78.4 Å². The van der Waals surface area contributed by atoms with Gasteiger partial charge in [-0.2, -0.15) is 0 Å². The molecule has 0 radical (unpaired) electrons. The summed E-state index contributed by atoms with van der Waals surface area (Å²) in [6.45, 7) is 11.5. The van der Waals surface area contributed by atoms with Crippen LogP contribution in [0.2, 0.25) is 0 Å². The van der Waals surface area contributed by atoms with Crippen LogP contribution in [0.3, 0.4) is 0 Å². The number of carbonyl (C=O) groups is 2. The Morgan fingerprint density at radius 1 is 0.762 bits per heavy atom. The molecule has 2 aliphatic heterocycles. The third kappa shape index (κ3) is 4.76. The number of cyclic esters (lactones) is 2. The number of ether oxygens (including phenoxy) is 2. The number of fused-ring (bicyclic) bond motifs is 2. The summed E-state index contributed by atoms with van der Waals surface area (Å²) in [5, 5.41) is 23.9. The summed E-state index contributed by atoms with van der Waals surface area (Å²) in [6.07, 6.45) is 8.37. The molecule has 10 nitrogen and oxygen atoms in total. The number of nitrogens with zero attached hydrogens (tertiary/aromatic N) is 2. The minimum atomic E-state index is -0.334. The Bertz CT molecular complexity index is 1420. The summed E-state index contributed by atoms with van der Waals surface area (Å²) < 4.78 is 22.1. The van der Waals surface area contributed by atoms with Gasteiger partial charge in [0.05, 0.1) is 12.5 Å². The van der Waals surface area contributed by atoms with Crippen LogP contribution in [0, 0.1) is 10.8 Å². The number of oxime groups is 2. The highest BCUT2D eigenvalue weighted by Gasteiger charge is 2.54. The van der Waals surface area contributed by atoms with E-state index in [2.05, 4.69) is 24.2 Å². The average molecular weight is 579 g/mol. The van der Waals surface area contributed by atoms with E-state index in [0.717, 1.165) is 71.9 Å². The number of allylic oxidation sites excluding steroid dienone is 2. The van der Waals surface area contributed by atoms with Gasteiger partial charge >= 0.3 is 11.9 Å². The van der Waals surface area contributed by atoms with Crippen molar-refractivity contribution in [3.8, 4) is 0 Å². The van der Waals surface area contributed by atoms with Crippen LogP contribution in [0.5, 0.6) is 0 Å². The highest BCUT2D eigenvalue weighted by atomic mass is 16.6. The molecular weight excluding hydrogens is 540 g/mol. The molecule has 4 atom stereocenters. The fraction of sp³-hybridized carbons (Fsp3) is 0.500. The smallest absolute Gasteiger partial charge is 0.335 e. The molecule has 4 aliphatic rings. The summed E-state index contributed by atoms with van der Waals surface area (Å²) in [6, 6.07) is 3.57. The van der Waals surface area contributed by atoms with Crippen molar-refractivity contribution >= 4 is 23.4 Å². The molecule has 0 unspecified atom stereocenters. The van der Waals surface area contributed by atoms with Gasteiger partial charge in [-0.15, -0.1) is 0 Å². The summed E-state index contributed by atoms with van der Waals surface area (Å²) in [7, 11) is 0.